The molecule has 80 valence electrons. The van der Waals surface area contributed by atoms with Gasteiger partial charge in [-0.25, -0.2) is 0 Å². The van der Waals surface area contributed by atoms with E-state index >= 15 is 0 Å². The standard InChI is InChI=1S/C10H16O4/c1-6(2)10(13)8(12)7(11)3-4-9(10)5-14-9/h7-8,11-13H,1,3-5H2,2H3. The van der Waals surface area contributed by atoms with Gasteiger partial charge in [0.05, 0.1) is 12.7 Å². The van der Waals surface area contributed by atoms with Gasteiger partial charge < -0.3 is 20.1 Å². The second-order valence-electron chi connectivity index (χ2n) is 4.38. The van der Waals surface area contributed by atoms with E-state index in [9.17, 15) is 15.3 Å². The van der Waals surface area contributed by atoms with Crippen molar-refractivity contribution in [1.82, 2.24) is 0 Å². The molecule has 0 aromatic heterocycles. The molecule has 0 amide bonds. The van der Waals surface area contributed by atoms with Gasteiger partial charge in [0.15, 0.2) is 0 Å². The fourth-order valence-corrected chi connectivity index (χ4v) is 2.37. The maximum atomic E-state index is 10.3. The summed E-state index contributed by atoms with van der Waals surface area (Å²) in [6.07, 6.45) is -1.08. The number of hydrogen-bond acceptors (Lipinski definition) is 4. The van der Waals surface area contributed by atoms with Crippen molar-refractivity contribution in [1.29, 1.82) is 0 Å². The molecule has 0 radical (unpaired) electrons. The Kier molecular flexibility index (Phi) is 2.02. The molecular weight excluding hydrogens is 184 g/mol. The molecule has 1 aliphatic carbocycles. The van der Waals surface area contributed by atoms with Crippen LogP contribution in [-0.4, -0.2) is 45.3 Å². The minimum Gasteiger partial charge on any atom is -0.390 e. The third kappa shape index (κ3) is 1.02. The number of rotatable bonds is 1. The van der Waals surface area contributed by atoms with Gasteiger partial charge in [-0.05, 0) is 25.3 Å². The lowest BCUT2D eigenvalue weighted by molar-refractivity contribution is -0.166. The zero-order valence-corrected chi connectivity index (χ0v) is 8.23. The van der Waals surface area contributed by atoms with Crippen LogP contribution in [0, 0.1) is 0 Å². The molecule has 1 spiro atoms. The Bertz CT molecular complexity index is 271. The van der Waals surface area contributed by atoms with Gasteiger partial charge in [0.1, 0.15) is 17.3 Å². The number of hydrogen-bond donors (Lipinski definition) is 3. The normalized spacial score (nSPS) is 52.0. The summed E-state index contributed by atoms with van der Waals surface area (Å²) >= 11 is 0. The van der Waals surface area contributed by atoms with Crippen LogP contribution in [0.25, 0.3) is 0 Å². The molecule has 4 heteroatoms. The quantitative estimate of drug-likeness (QED) is 0.397. The van der Waals surface area contributed by atoms with Crippen LogP contribution in [0.15, 0.2) is 12.2 Å². The van der Waals surface area contributed by atoms with Crippen molar-refractivity contribution < 1.29 is 20.1 Å². The summed E-state index contributed by atoms with van der Waals surface area (Å²) in [6, 6.07) is 0. The summed E-state index contributed by atoms with van der Waals surface area (Å²) in [4.78, 5) is 0. The monoisotopic (exact) mass is 200 g/mol. The highest BCUT2D eigenvalue weighted by Gasteiger charge is 2.67. The Hall–Kier alpha value is -0.420. The topological polar surface area (TPSA) is 73.2 Å². The second kappa shape index (κ2) is 2.79. The smallest absolute Gasteiger partial charge is 0.144 e. The third-order valence-corrected chi connectivity index (χ3v) is 3.47. The summed E-state index contributed by atoms with van der Waals surface area (Å²) in [6.45, 7) is 5.74. The first-order valence-corrected chi connectivity index (χ1v) is 4.82. The van der Waals surface area contributed by atoms with Crippen LogP contribution in [0.3, 0.4) is 0 Å². The molecule has 2 fully saturated rings. The van der Waals surface area contributed by atoms with Crippen molar-refractivity contribution in [3.8, 4) is 0 Å². The Balaban J connectivity index is 2.36. The Morgan fingerprint density at radius 2 is 2.07 bits per heavy atom. The van der Waals surface area contributed by atoms with Crippen molar-refractivity contribution in [3.05, 3.63) is 12.2 Å². The fraction of sp³-hybridized carbons (Fsp3) is 0.800. The summed E-state index contributed by atoms with van der Waals surface area (Å²) in [5.41, 5.74) is -1.75. The lowest BCUT2D eigenvalue weighted by Gasteiger charge is -2.44. The highest BCUT2D eigenvalue weighted by molar-refractivity contribution is 5.29. The minimum atomic E-state index is -1.50. The molecule has 0 aromatic rings. The van der Waals surface area contributed by atoms with E-state index in [1.165, 1.54) is 0 Å². The minimum absolute atomic E-state index is 0.431. The molecule has 4 atom stereocenters. The molecule has 0 aromatic carbocycles. The molecule has 1 saturated carbocycles. The van der Waals surface area contributed by atoms with E-state index in [1.54, 1.807) is 6.92 Å². The van der Waals surface area contributed by atoms with Gasteiger partial charge in [-0.2, -0.15) is 0 Å². The lowest BCUT2D eigenvalue weighted by atomic mass is 9.69. The van der Waals surface area contributed by atoms with E-state index in [2.05, 4.69) is 6.58 Å². The van der Waals surface area contributed by atoms with Crippen molar-refractivity contribution in [2.24, 2.45) is 0 Å². The zero-order valence-electron chi connectivity index (χ0n) is 8.23. The number of epoxide rings is 1. The second-order valence-corrected chi connectivity index (χ2v) is 4.38. The molecule has 0 bridgehead atoms. The van der Waals surface area contributed by atoms with Crippen molar-refractivity contribution >= 4 is 0 Å². The van der Waals surface area contributed by atoms with Crippen molar-refractivity contribution in [2.45, 2.75) is 43.2 Å². The predicted octanol–water partition coefficient (Wildman–Crippen LogP) is -0.422. The van der Waals surface area contributed by atoms with E-state index in [4.69, 9.17) is 4.74 Å². The number of ether oxygens (including phenoxy) is 1. The first-order valence-electron chi connectivity index (χ1n) is 4.82. The first-order chi connectivity index (χ1) is 6.44. The lowest BCUT2D eigenvalue weighted by Crippen LogP contribution is -2.62. The summed E-state index contributed by atoms with van der Waals surface area (Å²) < 4.78 is 5.25. The number of aliphatic hydroxyl groups excluding tert-OH is 2. The molecule has 1 heterocycles. The van der Waals surface area contributed by atoms with Crippen LogP contribution in [-0.2, 0) is 4.74 Å². The summed E-state index contributed by atoms with van der Waals surface area (Å²) in [5.74, 6) is 0. The highest BCUT2D eigenvalue weighted by atomic mass is 16.6. The van der Waals surface area contributed by atoms with Crippen LogP contribution in [0.4, 0.5) is 0 Å². The largest absolute Gasteiger partial charge is 0.390 e. The van der Waals surface area contributed by atoms with E-state index in [0.717, 1.165) is 0 Å². The molecule has 2 rings (SSSR count). The van der Waals surface area contributed by atoms with Gasteiger partial charge in [-0.15, -0.1) is 0 Å². The molecular formula is C10H16O4. The molecule has 1 saturated heterocycles. The van der Waals surface area contributed by atoms with Gasteiger partial charge in [-0.1, -0.05) is 6.58 Å². The Labute approximate surface area is 82.8 Å². The van der Waals surface area contributed by atoms with E-state index < -0.39 is 23.4 Å². The van der Waals surface area contributed by atoms with Crippen LogP contribution in [0.1, 0.15) is 19.8 Å². The Morgan fingerprint density at radius 3 is 2.50 bits per heavy atom. The average molecular weight is 200 g/mol. The van der Waals surface area contributed by atoms with Gasteiger partial charge >= 0.3 is 0 Å². The van der Waals surface area contributed by atoms with Gasteiger partial charge in [0, 0.05) is 0 Å². The van der Waals surface area contributed by atoms with Gasteiger partial charge in [0.25, 0.3) is 0 Å². The average Bonchev–Trinajstić information content (AvgIpc) is 2.90. The van der Waals surface area contributed by atoms with Crippen LogP contribution < -0.4 is 0 Å². The van der Waals surface area contributed by atoms with E-state index in [1.807, 2.05) is 0 Å². The number of aliphatic hydroxyl groups is 3. The van der Waals surface area contributed by atoms with Crippen LogP contribution >= 0.6 is 0 Å². The zero-order chi connectivity index (χ0) is 10.6. The first kappa shape index (κ1) is 10.1. The molecule has 4 nitrogen and oxygen atoms in total. The Morgan fingerprint density at radius 1 is 1.50 bits per heavy atom. The molecule has 2 aliphatic rings. The maximum Gasteiger partial charge on any atom is 0.144 e. The van der Waals surface area contributed by atoms with Crippen molar-refractivity contribution in [2.75, 3.05) is 6.61 Å². The fourth-order valence-electron chi connectivity index (χ4n) is 2.37. The molecule has 14 heavy (non-hydrogen) atoms. The van der Waals surface area contributed by atoms with Crippen LogP contribution in [0.2, 0.25) is 0 Å². The molecule has 1 aliphatic heterocycles. The van der Waals surface area contributed by atoms with Gasteiger partial charge in [-0.3, -0.25) is 0 Å². The maximum absolute atomic E-state index is 10.3. The van der Waals surface area contributed by atoms with Crippen molar-refractivity contribution in [3.63, 3.8) is 0 Å². The molecule has 3 N–H and O–H groups in total. The predicted molar refractivity (Wildman–Crippen MR) is 49.7 cm³/mol. The highest BCUT2D eigenvalue weighted by Crippen LogP contribution is 2.51. The summed E-state index contributed by atoms with van der Waals surface area (Å²) in [7, 11) is 0. The van der Waals surface area contributed by atoms with E-state index in [0.29, 0.717) is 25.0 Å². The van der Waals surface area contributed by atoms with Crippen LogP contribution in [0.5, 0.6) is 0 Å². The van der Waals surface area contributed by atoms with E-state index in [-0.39, 0.29) is 0 Å². The van der Waals surface area contributed by atoms with Gasteiger partial charge in [0.2, 0.25) is 0 Å². The SMILES string of the molecule is C=C(C)C1(O)C(O)C(O)CCC12CO2. The third-order valence-electron chi connectivity index (χ3n) is 3.47. The summed E-state index contributed by atoms with van der Waals surface area (Å²) in [5, 5.41) is 29.7. The molecule has 4 unspecified atom stereocenters.